The van der Waals surface area contributed by atoms with Crippen LogP contribution in [0.2, 0.25) is 0 Å². The molecule has 2 rings (SSSR count). The summed E-state index contributed by atoms with van der Waals surface area (Å²) in [5.41, 5.74) is 3.84. The minimum atomic E-state index is 0.894. The van der Waals surface area contributed by atoms with Crippen molar-refractivity contribution in [2.45, 2.75) is 33.0 Å². The van der Waals surface area contributed by atoms with E-state index in [1.54, 1.807) is 0 Å². The molecule has 0 aromatic carbocycles. The van der Waals surface area contributed by atoms with Crippen molar-refractivity contribution < 1.29 is 0 Å². The van der Waals surface area contributed by atoms with Crippen LogP contribution in [-0.4, -0.2) is 35.9 Å². The Labute approximate surface area is 132 Å². The fourth-order valence-corrected chi connectivity index (χ4v) is 3.27. The van der Waals surface area contributed by atoms with Crippen LogP contribution in [0.3, 0.4) is 0 Å². The van der Waals surface area contributed by atoms with E-state index in [1.807, 2.05) is 17.5 Å². The second-order valence-corrected chi connectivity index (χ2v) is 6.84. The molecule has 0 fully saturated rings. The molecule has 0 saturated heterocycles. The van der Waals surface area contributed by atoms with Crippen molar-refractivity contribution in [3.63, 3.8) is 0 Å². The summed E-state index contributed by atoms with van der Waals surface area (Å²) in [6, 6.07) is 6.63. The first-order valence-electron chi connectivity index (χ1n) is 7.40. The SMILES string of the molecule is CCc1ccc(CN(C)Cc2cc(CN(C)C)cs2)nc1. The summed E-state index contributed by atoms with van der Waals surface area (Å²) in [6.07, 6.45) is 3.04. The minimum Gasteiger partial charge on any atom is -0.305 e. The number of rotatable bonds is 7. The number of aryl methyl sites for hydroxylation is 1. The summed E-state index contributed by atoms with van der Waals surface area (Å²) in [7, 11) is 6.37. The average Bonchev–Trinajstić information content (AvgIpc) is 2.85. The van der Waals surface area contributed by atoms with E-state index in [-0.39, 0.29) is 0 Å². The molecule has 4 heteroatoms. The normalized spacial score (nSPS) is 11.5. The van der Waals surface area contributed by atoms with E-state index in [0.717, 1.165) is 31.7 Å². The highest BCUT2D eigenvalue weighted by atomic mass is 32.1. The third-order valence-corrected chi connectivity index (χ3v) is 4.33. The molecule has 2 aromatic heterocycles. The van der Waals surface area contributed by atoms with Gasteiger partial charge in [-0.25, -0.2) is 0 Å². The molecule has 114 valence electrons. The first kappa shape index (κ1) is 16.1. The Bertz CT molecular complexity index is 545. The monoisotopic (exact) mass is 303 g/mol. The predicted molar refractivity (Wildman–Crippen MR) is 90.5 cm³/mol. The Morgan fingerprint density at radius 3 is 2.48 bits per heavy atom. The van der Waals surface area contributed by atoms with Gasteiger partial charge in [0, 0.05) is 30.7 Å². The zero-order valence-electron chi connectivity index (χ0n) is 13.5. The highest BCUT2D eigenvalue weighted by Gasteiger charge is 2.06. The first-order chi connectivity index (χ1) is 10.1. The van der Waals surface area contributed by atoms with Gasteiger partial charge in [0.2, 0.25) is 0 Å². The van der Waals surface area contributed by atoms with Gasteiger partial charge in [0.1, 0.15) is 0 Å². The molecule has 0 aliphatic rings. The smallest absolute Gasteiger partial charge is 0.0544 e. The van der Waals surface area contributed by atoms with Gasteiger partial charge in [-0.2, -0.15) is 0 Å². The van der Waals surface area contributed by atoms with E-state index in [9.17, 15) is 0 Å². The van der Waals surface area contributed by atoms with Crippen molar-refractivity contribution in [3.05, 3.63) is 51.5 Å². The quantitative estimate of drug-likeness (QED) is 0.781. The summed E-state index contributed by atoms with van der Waals surface area (Å²) >= 11 is 1.85. The number of aromatic nitrogens is 1. The van der Waals surface area contributed by atoms with Crippen molar-refractivity contribution in [2.24, 2.45) is 0 Å². The van der Waals surface area contributed by atoms with Crippen LogP contribution in [0.5, 0.6) is 0 Å². The fraction of sp³-hybridized carbons (Fsp3) is 0.471. The molecule has 0 bridgehead atoms. The molecule has 0 radical (unpaired) electrons. The molecular formula is C17H25N3S. The largest absolute Gasteiger partial charge is 0.305 e. The highest BCUT2D eigenvalue weighted by Crippen LogP contribution is 2.18. The fourth-order valence-electron chi connectivity index (χ4n) is 2.31. The van der Waals surface area contributed by atoms with Crippen LogP contribution < -0.4 is 0 Å². The third kappa shape index (κ3) is 5.23. The van der Waals surface area contributed by atoms with Gasteiger partial charge in [-0.1, -0.05) is 13.0 Å². The van der Waals surface area contributed by atoms with Crippen LogP contribution in [0.4, 0.5) is 0 Å². The summed E-state index contributed by atoms with van der Waals surface area (Å²) in [5, 5.41) is 2.26. The average molecular weight is 303 g/mol. The summed E-state index contributed by atoms with van der Waals surface area (Å²) in [4.78, 5) is 10.5. The lowest BCUT2D eigenvalue weighted by Gasteiger charge is -2.15. The van der Waals surface area contributed by atoms with E-state index in [1.165, 1.54) is 16.0 Å². The van der Waals surface area contributed by atoms with Crippen LogP contribution in [0, 0.1) is 0 Å². The van der Waals surface area contributed by atoms with E-state index >= 15 is 0 Å². The van der Waals surface area contributed by atoms with Crippen molar-refractivity contribution in [1.82, 2.24) is 14.8 Å². The zero-order valence-corrected chi connectivity index (χ0v) is 14.3. The second-order valence-electron chi connectivity index (χ2n) is 5.84. The van der Waals surface area contributed by atoms with Crippen LogP contribution in [0.1, 0.15) is 28.6 Å². The van der Waals surface area contributed by atoms with Crippen LogP contribution in [-0.2, 0) is 26.1 Å². The number of nitrogens with zero attached hydrogens (tertiary/aromatic N) is 3. The van der Waals surface area contributed by atoms with Gasteiger partial charge in [-0.15, -0.1) is 11.3 Å². The third-order valence-electron chi connectivity index (χ3n) is 3.36. The summed E-state index contributed by atoms with van der Waals surface area (Å²) < 4.78 is 0. The molecule has 0 amide bonds. The Kier molecular flexibility index (Phi) is 5.91. The lowest BCUT2D eigenvalue weighted by Crippen LogP contribution is -2.17. The summed E-state index contributed by atoms with van der Waals surface area (Å²) in [6.45, 7) is 5.05. The summed E-state index contributed by atoms with van der Waals surface area (Å²) in [5.74, 6) is 0. The van der Waals surface area contributed by atoms with E-state index < -0.39 is 0 Å². The van der Waals surface area contributed by atoms with Gasteiger partial charge >= 0.3 is 0 Å². The lowest BCUT2D eigenvalue weighted by molar-refractivity contribution is 0.317. The Morgan fingerprint density at radius 1 is 1.05 bits per heavy atom. The number of hydrogen-bond acceptors (Lipinski definition) is 4. The molecule has 0 unspecified atom stereocenters. The van der Waals surface area contributed by atoms with Crippen LogP contribution >= 0.6 is 11.3 Å². The molecule has 0 aliphatic heterocycles. The number of pyridine rings is 1. The molecule has 0 saturated carbocycles. The van der Waals surface area contributed by atoms with E-state index in [2.05, 4.69) is 66.4 Å². The maximum absolute atomic E-state index is 4.53. The number of hydrogen-bond donors (Lipinski definition) is 0. The molecule has 0 spiro atoms. The van der Waals surface area contributed by atoms with Crippen LogP contribution in [0.25, 0.3) is 0 Å². The Morgan fingerprint density at radius 2 is 1.86 bits per heavy atom. The van der Waals surface area contributed by atoms with Gasteiger partial charge < -0.3 is 4.90 Å². The van der Waals surface area contributed by atoms with Crippen molar-refractivity contribution in [2.75, 3.05) is 21.1 Å². The van der Waals surface area contributed by atoms with Gasteiger partial charge in [-0.3, -0.25) is 9.88 Å². The first-order valence-corrected chi connectivity index (χ1v) is 8.28. The molecule has 0 aliphatic carbocycles. The second kappa shape index (κ2) is 7.69. The molecule has 0 atom stereocenters. The minimum absolute atomic E-state index is 0.894. The highest BCUT2D eigenvalue weighted by molar-refractivity contribution is 7.10. The molecule has 3 nitrogen and oxygen atoms in total. The molecule has 2 aromatic rings. The number of thiophene rings is 1. The van der Waals surface area contributed by atoms with Crippen molar-refractivity contribution in [1.29, 1.82) is 0 Å². The van der Waals surface area contributed by atoms with Gasteiger partial charge in [0.15, 0.2) is 0 Å². The standard InChI is InChI=1S/C17H25N3S/c1-5-14-6-7-16(18-9-14)11-20(4)12-17-8-15(13-21-17)10-19(2)3/h6-9,13H,5,10-12H2,1-4H3. The Balaban J connectivity index is 1.88. The van der Waals surface area contributed by atoms with E-state index in [0.29, 0.717) is 0 Å². The maximum Gasteiger partial charge on any atom is 0.0544 e. The zero-order chi connectivity index (χ0) is 15.2. The van der Waals surface area contributed by atoms with Crippen LogP contribution in [0.15, 0.2) is 29.8 Å². The lowest BCUT2D eigenvalue weighted by atomic mass is 10.2. The topological polar surface area (TPSA) is 19.4 Å². The Hall–Kier alpha value is -1.23. The molecule has 21 heavy (non-hydrogen) atoms. The molecule has 0 N–H and O–H groups in total. The van der Waals surface area contributed by atoms with Gasteiger partial charge in [-0.05, 0) is 56.2 Å². The predicted octanol–water partition coefficient (Wildman–Crippen LogP) is 3.40. The van der Waals surface area contributed by atoms with Gasteiger partial charge in [0.05, 0.1) is 5.69 Å². The van der Waals surface area contributed by atoms with E-state index in [4.69, 9.17) is 0 Å². The maximum atomic E-state index is 4.53. The molecule has 2 heterocycles. The molecular weight excluding hydrogens is 278 g/mol. The van der Waals surface area contributed by atoms with Gasteiger partial charge in [0.25, 0.3) is 0 Å². The van der Waals surface area contributed by atoms with Crippen molar-refractivity contribution in [3.8, 4) is 0 Å². The van der Waals surface area contributed by atoms with Crippen molar-refractivity contribution >= 4 is 11.3 Å².